The van der Waals surface area contributed by atoms with Crippen molar-refractivity contribution < 1.29 is 9.59 Å². The van der Waals surface area contributed by atoms with E-state index < -0.39 is 0 Å². The van der Waals surface area contributed by atoms with Crippen LogP contribution in [0.4, 0.5) is 17.1 Å². The maximum atomic E-state index is 12.4. The largest absolute Gasteiger partial charge is 0.378 e. The lowest BCUT2D eigenvalue weighted by Gasteiger charge is -2.15. The molecular weight excluding hydrogens is 314 g/mol. The molecular formula is C20H23N3O2. The molecule has 1 heterocycles. The van der Waals surface area contributed by atoms with Crippen LogP contribution in [0.25, 0.3) is 0 Å². The van der Waals surface area contributed by atoms with E-state index in [0.717, 1.165) is 22.6 Å². The van der Waals surface area contributed by atoms with Crippen LogP contribution in [0, 0.1) is 0 Å². The molecule has 2 amide bonds. The van der Waals surface area contributed by atoms with E-state index in [1.165, 1.54) is 0 Å². The summed E-state index contributed by atoms with van der Waals surface area (Å²) in [5, 5.41) is 2.95. The van der Waals surface area contributed by atoms with E-state index in [4.69, 9.17) is 0 Å². The average Bonchev–Trinajstić information content (AvgIpc) is 2.94. The van der Waals surface area contributed by atoms with E-state index in [1.807, 2.05) is 67.5 Å². The van der Waals surface area contributed by atoms with Crippen LogP contribution in [0.5, 0.6) is 0 Å². The number of fused-ring (bicyclic) bond motifs is 1. The van der Waals surface area contributed by atoms with E-state index in [2.05, 4.69) is 5.32 Å². The highest BCUT2D eigenvalue weighted by Crippen LogP contribution is 2.38. The van der Waals surface area contributed by atoms with E-state index in [9.17, 15) is 9.59 Å². The molecule has 1 aliphatic heterocycles. The van der Waals surface area contributed by atoms with Crippen LogP contribution in [-0.4, -0.2) is 32.5 Å². The van der Waals surface area contributed by atoms with Crippen molar-refractivity contribution in [2.75, 3.05) is 35.8 Å². The van der Waals surface area contributed by atoms with E-state index in [1.54, 1.807) is 11.8 Å². The van der Waals surface area contributed by atoms with Crippen molar-refractivity contribution in [3.63, 3.8) is 0 Å². The van der Waals surface area contributed by atoms with Gasteiger partial charge < -0.3 is 15.1 Å². The fourth-order valence-corrected chi connectivity index (χ4v) is 3.25. The summed E-state index contributed by atoms with van der Waals surface area (Å²) in [5.74, 6) is -0.00131. The number of rotatable bonds is 4. The number of nitrogens with zero attached hydrogens (tertiary/aromatic N) is 2. The predicted molar refractivity (Wildman–Crippen MR) is 101 cm³/mol. The van der Waals surface area contributed by atoms with Gasteiger partial charge >= 0.3 is 0 Å². The summed E-state index contributed by atoms with van der Waals surface area (Å²) >= 11 is 0. The predicted octanol–water partition coefficient (Wildman–Crippen LogP) is 3.23. The summed E-state index contributed by atoms with van der Waals surface area (Å²) in [6.45, 7) is 2.12. The van der Waals surface area contributed by atoms with Crippen molar-refractivity contribution in [3.05, 3.63) is 54.1 Å². The first-order chi connectivity index (χ1) is 12.0. The Labute approximate surface area is 148 Å². The number of anilines is 3. The van der Waals surface area contributed by atoms with E-state index >= 15 is 0 Å². The zero-order valence-corrected chi connectivity index (χ0v) is 14.8. The number of para-hydroxylation sites is 1. The van der Waals surface area contributed by atoms with Gasteiger partial charge in [-0.3, -0.25) is 9.59 Å². The molecule has 2 aromatic rings. The van der Waals surface area contributed by atoms with Crippen molar-refractivity contribution in [1.29, 1.82) is 0 Å². The van der Waals surface area contributed by atoms with Crippen LogP contribution >= 0.6 is 0 Å². The molecule has 1 N–H and O–H groups in total. The molecule has 3 rings (SSSR count). The zero-order chi connectivity index (χ0) is 18.0. The third kappa shape index (κ3) is 3.65. The normalized spacial score (nSPS) is 15.6. The van der Waals surface area contributed by atoms with Gasteiger partial charge in [0.1, 0.15) is 0 Å². The zero-order valence-electron chi connectivity index (χ0n) is 14.8. The molecule has 0 aromatic heterocycles. The van der Waals surface area contributed by atoms with Crippen molar-refractivity contribution in [3.8, 4) is 0 Å². The highest BCUT2D eigenvalue weighted by Gasteiger charge is 2.31. The number of carbonyl (C=O) groups is 2. The van der Waals surface area contributed by atoms with Crippen LogP contribution in [0.2, 0.25) is 0 Å². The molecule has 5 heteroatoms. The molecule has 0 bridgehead atoms. The topological polar surface area (TPSA) is 52.7 Å². The number of nitrogens with one attached hydrogen (secondary N) is 1. The molecule has 0 saturated heterocycles. The maximum Gasteiger partial charge on any atom is 0.225 e. The Kier molecular flexibility index (Phi) is 4.74. The van der Waals surface area contributed by atoms with Gasteiger partial charge in [-0.15, -0.1) is 0 Å². The van der Waals surface area contributed by atoms with Crippen LogP contribution < -0.4 is 15.1 Å². The molecule has 0 fully saturated rings. The fourth-order valence-electron chi connectivity index (χ4n) is 3.25. The molecule has 0 radical (unpaired) electrons. The highest BCUT2D eigenvalue weighted by molar-refractivity contribution is 5.96. The minimum absolute atomic E-state index is 0.00892. The second-order valence-electron chi connectivity index (χ2n) is 6.58. The molecule has 130 valence electrons. The first-order valence-electron chi connectivity index (χ1n) is 8.40. The number of hydrogen-bond donors (Lipinski definition) is 1. The van der Waals surface area contributed by atoms with Crippen molar-refractivity contribution in [2.24, 2.45) is 0 Å². The van der Waals surface area contributed by atoms with Gasteiger partial charge in [0.25, 0.3) is 0 Å². The summed E-state index contributed by atoms with van der Waals surface area (Å²) in [5.41, 5.74) is 3.85. The summed E-state index contributed by atoms with van der Waals surface area (Å²) in [6, 6.07) is 15.6. The van der Waals surface area contributed by atoms with E-state index in [0.29, 0.717) is 13.0 Å². The molecule has 0 spiro atoms. The third-order valence-corrected chi connectivity index (χ3v) is 4.55. The quantitative estimate of drug-likeness (QED) is 0.932. The van der Waals surface area contributed by atoms with Gasteiger partial charge in [-0.1, -0.05) is 18.2 Å². The summed E-state index contributed by atoms with van der Waals surface area (Å²) in [6.07, 6.45) is 0.357. The first kappa shape index (κ1) is 17.0. The van der Waals surface area contributed by atoms with Gasteiger partial charge in [0.2, 0.25) is 11.8 Å². The lowest BCUT2D eigenvalue weighted by Crippen LogP contribution is -2.28. The highest BCUT2D eigenvalue weighted by atomic mass is 16.2. The van der Waals surface area contributed by atoms with Crippen molar-refractivity contribution in [2.45, 2.75) is 19.3 Å². The Balaban J connectivity index is 1.68. The minimum Gasteiger partial charge on any atom is -0.378 e. The van der Waals surface area contributed by atoms with Gasteiger partial charge in [-0.05, 0) is 35.9 Å². The molecule has 1 unspecified atom stereocenters. The van der Waals surface area contributed by atoms with Crippen molar-refractivity contribution in [1.82, 2.24) is 0 Å². The smallest absolute Gasteiger partial charge is 0.225 e. The van der Waals surface area contributed by atoms with E-state index in [-0.39, 0.29) is 17.7 Å². The number of carbonyl (C=O) groups excluding carboxylic acids is 2. The lowest BCUT2D eigenvalue weighted by atomic mass is 9.97. The standard InChI is InChI=1S/C20H23N3O2/c1-14(24)23-13-15(18-6-4-5-7-19(18)23)12-20(25)21-16-8-10-17(11-9-16)22(2)3/h4-11,15H,12-13H2,1-3H3,(H,21,25). The van der Waals surface area contributed by atoms with Gasteiger partial charge in [0.15, 0.2) is 0 Å². The fraction of sp³-hybridized carbons (Fsp3) is 0.300. The Hall–Kier alpha value is -2.82. The van der Waals surface area contributed by atoms with Gasteiger partial charge in [-0.2, -0.15) is 0 Å². The van der Waals surface area contributed by atoms with Gasteiger partial charge in [-0.25, -0.2) is 0 Å². The van der Waals surface area contributed by atoms with Crippen molar-refractivity contribution >= 4 is 28.9 Å². The van der Waals surface area contributed by atoms with Crippen LogP contribution in [-0.2, 0) is 9.59 Å². The Morgan fingerprint density at radius 1 is 1.12 bits per heavy atom. The molecule has 2 aromatic carbocycles. The van der Waals surface area contributed by atoms with Crippen LogP contribution in [0.3, 0.4) is 0 Å². The maximum absolute atomic E-state index is 12.4. The second kappa shape index (κ2) is 6.97. The molecule has 1 atom stereocenters. The van der Waals surface area contributed by atoms with Crippen LogP contribution in [0.15, 0.2) is 48.5 Å². The Bertz CT molecular complexity index is 784. The lowest BCUT2D eigenvalue weighted by molar-refractivity contribution is -0.118. The molecule has 0 saturated carbocycles. The SMILES string of the molecule is CC(=O)N1CC(CC(=O)Nc2ccc(N(C)C)cc2)c2ccccc21. The average molecular weight is 337 g/mol. The first-order valence-corrected chi connectivity index (χ1v) is 8.40. The summed E-state index contributed by atoms with van der Waals surface area (Å²) < 4.78 is 0. The molecule has 25 heavy (non-hydrogen) atoms. The summed E-state index contributed by atoms with van der Waals surface area (Å²) in [4.78, 5) is 28.0. The number of benzene rings is 2. The Morgan fingerprint density at radius 3 is 2.44 bits per heavy atom. The van der Waals surface area contributed by atoms with Gasteiger partial charge in [0, 0.05) is 57.0 Å². The van der Waals surface area contributed by atoms with Crippen LogP contribution in [0.1, 0.15) is 24.8 Å². The number of hydrogen-bond acceptors (Lipinski definition) is 3. The monoisotopic (exact) mass is 337 g/mol. The molecule has 5 nitrogen and oxygen atoms in total. The summed E-state index contributed by atoms with van der Waals surface area (Å²) in [7, 11) is 3.96. The number of amides is 2. The van der Waals surface area contributed by atoms with Gasteiger partial charge in [0.05, 0.1) is 0 Å². The third-order valence-electron chi connectivity index (χ3n) is 4.55. The molecule has 0 aliphatic carbocycles. The molecule has 1 aliphatic rings. The second-order valence-corrected chi connectivity index (χ2v) is 6.58. The minimum atomic E-state index is -0.0391. The Morgan fingerprint density at radius 2 is 1.80 bits per heavy atom.